The highest BCUT2D eigenvalue weighted by molar-refractivity contribution is 7.89. The van der Waals surface area contributed by atoms with E-state index in [-0.39, 0.29) is 22.4 Å². The Balaban J connectivity index is 2.26. The van der Waals surface area contributed by atoms with E-state index in [1.54, 1.807) is 12.1 Å². The number of benzene rings is 1. The van der Waals surface area contributed by atoms with Gasteiger partial charge in [-0.1, -0.05) is 6.07 Å². The number of nitrogens with one attached hydrogen (secondary N) is 1. The third-order valence-electron chi connectivity index (χ3n) is 3.43. The number of carbonyl (C=O) groups excluding carboxylic acids is 1. The van der Waals surface area contributed by atoms with Crippen LogP contribution < -0.4 is 5.32 Å². The second-order valence-electron chi connectivity index (χ2n) is 6.78. The molecule has 1 unspecified atom stereocenters. The third-order valence-corrected chi connectivity index (χ3v) is 5.29. The molecule has 1 aliphatic heterocycles. The zero-order valence-corrected chi connectivity index (χ0v) is 14.8. The van der Waals surface area contributed by atoms with Crippen molar-refractivity contribution in [2.45, 2.75) is 44.2 Å². The molecule has 1 saturated heterocycles. The first kappa shape index (κ1) is 17.9. The van der Waals surface area contributed by atoms with Gasteiger partial charge in [0.15, 0.2) is 0 Å². The molecule has 0 bridgehead atoms. The summed E-state index contributed by atoms with van der Waals surface area (Å²) < 4.78 is 32.3. The number of hydrogen-bond acceptors (Lipinski definition) is 4. The van der Waals surface area contributed by atoms with Crippen molar-refractivity contribution in [2.75, 3.05) is 19.7 Å². The Morgan fingerprint density at radius 1 is 1.35 bits per heavy atom. The van der Waals surface area contributed by atoms with Crippen molar-refractivity contribution in [2.24, 2.45) is 0 Å². The topological polar surface area (TPSA) is 75.7 Å². The maximum Gasteiger partial charge on any atom is 0.251 e. The summed E-state index contributed by atoms with van der Waals surface area (Å²) in [5.41, 5.74) is -0.0479. The van der Waals surface area contributed by atoms with Crippen LogP contribution in [0.5, 0.6) is 0 Å². The standard InChI is InChI=1S/C16H24N2O4S/c1-12-11-18(8-9-22-12)23(20,21)14-7-5-6-13(10-14)15(19)17-16(2,3)4/h5-7,10,12H,8-9,11H2,1-4H3,(H,17,19). The first-order chi connectivity index (χ1) is 10.6. The number of sulfonamides is 1. The summed E-state index contributed by atoms with van der Waals surface area (Å²) >= 11 is 0. The predicted molar refractivity (Wildman–Crippen MR) is 87.8 cm³/mol. The van der Waals surface area contributed by atoms with Gasteiger partial charge in [0, 0.05) is 24.2 Å². The van der Waals surface area contributed by atoms with Gasteiger partial charge in [-0.2, -0.15) is 4.31 Å². The Morgan fingerprint density at radius 3 is 2.65 bits per heavy atom. The summed E-state index contributed by atoms with van der Waals surface area (Å²) in [6, 6.07) is 6.15. The Morgan fingerprint density at radius 2 is 2.04 bits per heavy atom. The fourth-order valence-electron chi connectivity index (χ4n) is 2.36. The quantitative estimate of drug-likeness (QED) is 0.907. The van der Waals surface area contributed by atoms with E-state index in [0.29, 0.717) is 25.3 Å². The highest BCUT2D eigenvalue weighted by atomic mass is 32.2. The van der Waals surface area contributed by atoms with Crippen molar-refractivity contribution in [1.29, 1.82) is 0 Å². The van der Waals surface area contributed by atoms with Crippen LogP contribution in [0.3, 0.4) is 0 Å². The summed E-state index contributed by atoms with van der Waals surface area (Å²) in [5.74, 6) is -0.287. The molecule has 0 spiro atoms. The Hall–Kier alpha value is -1.44. The molecular formula is C16H24N2O4S. The molecular weight excluding hydrogens is 316 g/mol. The molecule has 128 valence electrons. The zero-order valence-electron chi connectivity index (χ0n) is 14.0. The van der Waals surface area contributed by atoms with Gasteiger partial charge in [-0.25, -0.2) is 8.42 Å². The van der Waals surface area contributed by atoms with Gasteiger partial charge < -0.3 is 10.1 Å². The number of carbonyl (C=O) groups is 1. The van der Waals surface area contributed by atoms with Crippen molar-refractivity contribution < 1.29 is 17.9 Å². The molecule has 1 aromatic rings. The van der Waals surface area contributed by atoms with Crippen LogP contribution in [0.25, 0.3) is 0 Å². The molecule has 0 aliphatic carbocycles. The molecule has 0 aromatic heterocycles. The van der Waals surface area contributed by atoms with E-state index in [4.69, 9.17) is 4.74 Å². The van der Waals surface area contributed by atoms with Crippen molar-refractivity contribution in [1.82, 2.24) is 9.62 Å². The lowest BCUT2D eigenvalue weighted by molar-refractivity contribution is 0.0102. The van der Waals surface area contributed by atoms with Crippen LogP contribution in [0.4, 0.5) is 0 Å². The fraction of sp³-hybridized carbons (Fsp3) is 0.562. The molecule has 2 rings (SSSR count). The van der Waals surface area contributed by atoms with Gasteiger partial charge in [0.1, 0.15) is 0 Å². The van der Waals surface area contributed by atoms with E-state index < -0.39 is 10.0 Å². The highest BCUT2D eigenvalue weighted by Crippen LogP contribution is 2.20. The maximum atomic E-state index is 12.7. The van der Waals surface area contributed by atoms with Crippen molar-refractivity contribution in [3.63, 3.8) is 0 Å². The SMILES string of the molecule is CC1CN(S(=O)(=O)c2cccc(C(=O)NC(C)(C)C)c2)CCO1. The number of hydrogen-bond donors (Lipinski definition) is 1. The Kier molecular flexibility index (Phi) is 5.13. The van der Waals surface area contributed by atoms with Crippen molar-refractivity contribution in [3.8, 4) is 0 Å². The molecule has 1 N–H and O–H groups in total. The van der Waals surface area contributed by atoms with E-state index in [2.05, 4.69) is 5.32 Å². The number of amides is 1. The number of rotatable bonds is 3. The normalized spacial score (nSPS) is 20.3. The lowest BCUT2D eigenvalue weighted by Gasteiger charge is -2.30. The van der Waals surface area contributed by atoms with Crippen LogP contribution in [0.15, 0.2) is 29.2 Å². The van der Waals surface area contributed by atoms with E-state index in [9.17, 15) is 13.2 Å². The van der Waals surface area contributed by atoms with Crippen molar-refractivity contribution in [3.05, 3.63) is 29.8 Å². The van der Waals surface area contributed by atoms with Crippen molar-refractivity contribution >= 4 is 15.9 Å². The summed E-state index contributed by atoms with van der Waals surface area (Å²) in [4.78, 5) is 12.4. The molecule has 1 aromatic carbocycles. The number of morpholine rings is 1. The molecule has 1 amide bonds. The van der Waals surface area contributed by atoms with Crippen LogP contribution in [0.1, 0.15) is 38.1 Å². The zero-order chi connectivity index (χ0) is 17.3. The Labute approximate surface area is 137 Å². The van der Waals surface area contributed by atoms with E-state index >= 15 is 0 Å². The minimum atomic E-state index is -3.62. The second-order valence-corrected chi connectivity index (χ2v) is 8.71. The van der Waals surface area contributed by atoms with Gasteiger partial charge in [-0.3, -0.25) is 4.79 Å². The van der Waals surface area contributed by atoms with E-state index in [1.807, 2.05) is 27.7 Å². The third kappa shape index (κ3) is 4.53. The largest absolute Gasteiger partial charge is 0.376 e. The minimum Gasteiger partial charge on any atom is -0.376 e. The van der Waals surface area contributed by atoms with Gasteiger partial charge in [-0.15, -0.1) is 0 Å². The average Bonchev–Trinajstić information content (AvgIpc) is 2.45. The maximum absolute atomic E-state index is 12.7. The molecule has 0 saturated carbocycles. The molecule has 1 heterocycles. The van der Waals surface area contributed by atoms with E-state index in [0.717, 1.165) is 0 Å². The number of nitrogens with zero attached hydrogens (tertiary/aromatic N) is 1. The second kappa shape index (κ2) is 6.59. The summed E-state index contributed by atoms with van der Waals surface area (Å²) in [6.45, 7) is 8.49. The van der Waals surface area contributed by atoms with Crippen LogP contribution in [0, 0.1) is 0 Å². The summed E-state index contributed by atoms with van der Waals surface area (Å²) in [5, 5.41) is 2.83. The van der Waals surface area contributed by atoms with Gasteiger partial charge in [0.25, 0.3) is 5.91 Å². The van der Waals surface area contributed by atoms with Gasteiger partial charge in [-0.05, 0) is 45.9 Å². The van der Waals surface area contributed by atoms with Crippen LogP contribution >= 0.6 is 0 Å². The number of ether oxygens (including phenoxy) is 1. The lowest BCUT2D eigenvalue weighted by atomic mass is 10.1. The predicted octanol–water partition coefficient (Wildman–Crippen LogP) is 1.62. The van der Waals surface area contributed by atoms with Crippen LogP contribution in [-0.4, -0.2) is 50.0 Å². The first-order valence-corrected chi connectivity index (χ1v) is 9.08. The van der Waals surface area contributed by atoms with Gasteiger partial charge in [0.05, 0.1) is 17.6 Å². The minimum absolute atomic E-state index is 0.133. The molecule has 23 heavy (non-hydrogen) atoms. The van der Waals surface area contributed by atoms with Crippen LogP contribution in [0.2, 0.25) is 0 Å². The Bertz CT molecular complexity index is 680. The molecule has 1 aliphatic rings. The van der Waals surface area contributed by atoms with Crippen LogP contribution in [-0.2, 0) is 14.8 Å². The highest BCUT2D eigenvalue weighted by Gasteiger charge is 2.29. The van der Waals surface area contributed by atoms with Gasteiger partial charge >= 0.3 is 0 Å². The molecule has 1 fully saturated rings. The van der Waals surface area contributed by atoms with E-state index in [1.165, 1.54) is 16.4 Å². The monoisotopic (exact) mass is 340 g/mol. The molecule has 0 radical (unpaired) electrons. The first-order valence-electron chi connectivity index (χ1n) is 7.64. The molecule has 1 atom stereocenters. The fourth-order valence-corrected chi connectivity index (χ4v) is 3.91. The average molecular weight is 340 g/mol. The smallest absolute Gasteiger partial charge is 0.251 e. The molecule has 7 heteroatoms. The molecule has 6 nitrogen and oxygen atoms in total. The summed E-state index contributed by atoms with van der Waals surface area (Å²) in [6.07, 6.45) is -0.133. The lowest BCUT2D eigenvalue weighted by Crippen LogP contribution is -2.44. The van der Waals surface area contributed by atoms with Gasteiger partial charge in [0.2, 0.25) is 10.0 Å². The summed E-state index contributed by atoms with van der Waals surface area (Å²) in [7, 11) is -3.62.